The van der Waals surface area contributed by atoms with Crippen LogP contribution in [0.1, 0.15) is 17.3 Å². The van der Waals surface area contributed by atoms with E-state index in [-0.39, 0.29) is 6.61 Å². The Labute approximate surface area is 90.8 Å². The van der Waals surface area contributed by atoms with Crippen LogP contribution in [-0.2, 0) is 4.84 Å². The molecule has 0 aromatic heterocycles. The highest BCUT2D eigenvalue weighted by Crippen LogP contribution is 2.10. The molecule has 1 aromatic carbocycles. The van der Waals surface area contributed by atoms with E-state index in [1.807, 2.05) is 5.48 Å². The van der Waals surface area contributed by atoms with Crippen molar-refractivity contribution in [2.45, 2.75) is 13.0 Å². The fourth-order valence-electron chi connectivity index (χ4n) is 0.926. The maximum atomic E-state index is 13.1. The van der Waals surface area contributed by atoms with Crippen molar-refractivity contribution in [2.75, 3.05) is 6.61 Å². The molecule has 6 heteroatoms. The first kappa shape index (κ1) is 12.5. The molecule has 2 N–H and O–H groups in total. The summed E-state index contributed by atoms with van der Waals surface area (Å²) >= 11 is 0. The number of hydroxylamine groups is 1. The molecule has 0 saturated heterocycles. The van der Waals surface area contributed by atoms with Gasteiger partial charge in [-0.05, 0) is 19.1 Å². The van der Waals surface area contributed by atoms with Gasteiger partial charge in [0, 0.05) is 0 Å². The van der Waals surface area contributed by atoms with Crippen LogP contribution in [0.2, 0.25) is 0 Å². The van der Waals surface area contributed by atoms with Crippen molar-refractivity contribution >= 4 is 5.91 Å². The topological polar surface area (TPSA) is 58.6 Å². The van der Waals surface area contributed by atoms with E-state index >= 15 is 0 Å². The maximum absolute atomic E-state index is 13.1. The summed E-state index contributed by atoms with van der Waals surface area (Å²) in [6.07, 6.45) is -0.624. The SMILES string of the molecule is CC(CO)ONC(=O)c1cccc(F)c1F. The Hall–Kier alpha value is -1.53. The molecule has 1 rings (SSSR count). The highest BCUT2D eigenvalue weighted by Gasteiger charge is 2.15. The van der Waals surface area contributed by atoms with Gasteiger partial charge in [0.1, 0.15) is 6.10 Å². The molecule has 0 fully saturated rings. The van der Waals surface area contributed by atoms with E-state index in [2.05, 4.69) is 4.84 Å². The summed E-state index contributed by atoms with van der Waals surface area (Å²) in [6, 6.07) is 3.24. The van der Waals surface area contributed by atoms with Gasteiger partial charge in [-0.1, -0.05) is 6.07 Å². The molecule has 16 heavy (non-hydrogen) atoms. The van der Waals surface area contributed by atoms with Crippen LogP contribution in [-0.4, -0.2) is 23.7 Å². The second-order valence-electron chi connectivity index (χ2n) is 3.14. The molecule has 0 aliphatic carbocycles. The average molecular weight is 231 g/mol. The number of rotatable bonds is 4. The van der Waals surface area contributed by atoms with E-state index in [9.17, 15) is 13.6 Å². The number of hydrogen-bond acceptors (Lipinski definition) is 3. The maximum Gasteiger partial charge on any atom is 0.277 e. The third kappa shape index (κ3) is 2.98. The van der Waals surface area contributed by atoms with Crippen molar-refractivity contribution in [3.05, 3.63) is 35.4 Å². The Morgan fingerprint density at radius 2 is 2.25 bits per heavy atom. The summed E-state index contributed by atoms with van der Waals surface area (Å²) in [5, 5.41) is 8.61. The van der Waals surface area contributed by atoms with E-state index in [0.717, 1.165) is 12.1 Å². The predicted octanol–water partition coefficient (Wildman–Crippen LogP) is 1.01. The van der Waals surface area contributed by atoms with Gasteiger partial charge < -0.3 is 5.11 Å². The minimum absolute atomic E-state index is 0.300. The zero-order valence-electron chi connectivity index (χ0n) is 8.54. The van der Waals surface area contributed by atoms with E-state index in [0.29, 0.717) is 0 Å². The first-order valence-corrected chi connectivity index (χ1v) is 4.57. The van der Waals surface area contributed by atoms with Crippen LogP contribution in [0, 0.1) is 11.6 Å². The number of aliphatic hydroxyl groups is 1. The molecule has 0 aliphatic rings. The van der Waals surface area contributed by atoms with Crippen molar-refractivity contribution in [3.8, 4) is 0 Å². The Morgan fingerprint density at radius 1 is 1.56 bits per heavy atom. The number of benzene rings is 1. The summed E-state index contributed by atoms with van der Waals surface area (Å²) in [7, 11) is 0. The van der Waals surface area contributed by atoms with Gasteiger partial charge in [-0.3, -0.25) is 9.63 Å². The lowest BCUT2D eigenvalue weighted by Gasteiger charge is -2.10. The van der Waals surface area contributed by atoms with Crippen LogP contribution < -0.4 is 5.48 Å². The molecule has 0 saturated carbocycles. The predicted molar refractivity (Wildman–Crippen MR) is 51.5 cm³/mol. The van der Waals surface area contributed by atoms with Gasteiger partial charge in [-0.2, -0.15) is 0 Å². The molecular weight excluding hydrogens is 220 g/mol. The van der Waals surface area contributed by atoms with Gasteiger partial charge in [-0.25, -0.2) is 14.3 Å². The standard InChI is InChI=1S/C10H11F2NO3/c1-6(5-14)16-13-10(15)7-3-2-4-8(11)9(7)12/h2-4,6,14H,5H2,1H3,(H,13,15). The zero-order chi connectivity index (χ0) is 12.1. The molecule has 0 spiro atoms. The molecule has 0 heterocycles. The van der Waals surface area contributed by atoms with Crippen molar-refractivity contribution in [2.24, 2.45) is 0 Å². The van der Waals surface area contributed by atoms with Crippen molar-refractivity contribution in [1.29, 1.82) is 0 Å². The molecule has 1 atom stereocenters. The third-order valence-corrected chi connectivity index (χ3v) is 1.81. The number of hydrogen-bond donors (Lipinski definition) is 2. The normalized spacial score (nSPS) is 12.2. The fourth-order valence-corrected chi connectivity index (χ4v) is 0.926. The number of amides is 1. The molecule has 4 nitrogen and oxygen atoms in total. The van der Waals surface area contributed by atoms with Gasteiger partial charge in [0.25, 0.3) is 5.91 Å². The quantitative estimate of drug-likeness (QED) is 0.760. The molecule has 1 aromatic rings. The van der Waals surface area contributed by atoms with Crippen molar-refractivity contribution in [1.82, 2.24) is 5.48 Å². The van der Waals surface area contributed by atoms with E-state index in [1.54, 1.807) is 0 Å². The molecule has 1 amide bonds. The van der Waals surface area contributed by atoms with Crippen LogP contribution in [0.4, 0.5) is 8.78 Å². The highest BCUT2D eigenvalue weighted by atomic mass is 19.2. The monoisotopic (exact) mass is 231 g/mol. The lowest BCUT2D eigenvalue weighted by molar-refractivity contribution is -0.0306. The van der Waals surface area contributed by atoms with Gasteiger partial charge in [-0.15, -0.1) is 0 Å². The van der Waals surface area contributed by atoms with Crippen LogP contribution in [0.15, 0.2) is 18.2 Å². The Bertz CT molecular complexity index is 384. The van der Waals surface area contributed by atoms with Crippen molar-refractivity contribution in [3.63, 3.8) is 0 Å². The second kappa shape index (κ2) is 5.53. The van der Waals surface area contributed by atoms with E-state index < -0.39 is 29.2 Å². The minimum atomic E-state index is -1.24. The summed E-state index contributed by atoms with van der Waals surface area (Å²) in [5.41, 5.74) is 1.46. The fraction of sp³-hybridized carbons (Fsp3) is 0.300. The summed E-state index contributed by atoms with van der Waals surface area (Å²) in [4.78, 5) is 16.0. The van der Waals surface area contributed by atoms with Crippen LogP contribution in [0.5, 0.6) is 0 Å². The van der Waals surface area contributed by atoms with Crippen molar-refractivity contribution < 1.29 is 23.5 Å². The molecule has 0 bridgehead atoms. The Kier molecular flexibility index (Phi) is 4.33. The van der Waals surface area contributed by atoms with Gasteiger partial charge in [0.15, 0.2) is 11.6 Å². The molecule has 1 unspecified atom stereocenters. The number of carbonyl (C=O) groups is 1. The summed E-state index contributed by atoms with van der Waals surface area (Å²) in [6.45, 7) is 1.20. The van der Waals surface area contributed by atoms with Crippen LogP contribution in [0.3, 0.4) is 0 Å². The van der Waals surface area contributed by atoms with E-state index in [4.69, 9.17) is 5.11 Å². The lowest BCUT2D eigenvalue weighted by atomic mass is 10.2. The Balaban J connectivity index is 2.70. The van der Waals surface area contributed by atoms with Crippen LogP contribution >= 0.6 is 0 Å². The van der Waals surface area contributed by atoms with Crippen LogP contribution in [0.25, 0.3) is 0 Å². The number of halogens is 2. The first-order valence-electron chi connectivity index (χ1n) is 4.57. The smallest absolute Gasteiger partial charge is 0.277 e. The lowest BCUT2D eigenvalue weighted by Crippen LogP contribution is -2.30. The highest BCUT2D eigenvalue weighted by molar-refractivity contribution is 5.93. The minimum Gasteiger partial charge on any atom is -0.394 e. The molecular formula is C10H11F2NO3. The molecule has 0 aliphatic heterocycles. The van der Waals surface area contributed by atoms with Gasteiger partial charge in [0.2, 0.25) is 0 Å². The first-order chi connectivity index (χ1) is 7.56. The number of carbonyl (C=O) groups excluding carboxylic acids is 1. The zero-order valence-corrected chi connectivity index (χ0v) is 8.54. The van der Waals surface area contributed by atoms with E-state index in [1.165, 1.54) is 13.0 Å². The number of nitrogens with one attached hydrogen (secondary N) is 1. The molecule has 0 radical (unpaired) electrons. The third-order valence-electron chi connectivity index (χ3n) is 1.81. The van der Waals surface area contributed by atoms with Gasteiger partial charge >= 0.3 is 0 Å². The largest absolute Gasteiger partial charge is 0.394 e. The van der Waals surface area contributed by atoms with Gasteiger partial charge in [0.05, 0.1) is 12.2 Å². The Morgan fingerprint density at radius 3 is 2.88 bits per heavy atom. The summed E-state index contributed by atoms with van der Waals surface area (Å²) < 4.78 is 25.9. The molecule has 88 valence electrons. The number of aliphatic hydroxyl groups excluding tert-OH is 1. The average Bonchev–Trinajstić information content (AvgIpc) is 2.29. The summed E-state index contributed by atoms with van der Waals surface area (Å²) in [5.74, 6) is -3.25. The second-order valence-corrected chi connectivity index (χ2v) is 3.14.